The fraction of sp³-hybridized carbons (Fsp3) is 0.185. The SMILES string of the molecule is Cc1cc([C@@H]2[C@H](c3ccccn3)NC(=S)N2Cc2ccccc2)c(C)n1-c1cc(Cl)ccc1O. The molecule has 0 aliphatic carbocycles. The first-order valence-corrected chi connectivity index (χ1v) is 11.9. The summed E-state index contributed by atoms with van der Waals surface area (Å²) in [5.41, 5.74) is 5.91. The Morgan fingerprint density at radius 3 is 2.53 bits per heavy atom. The van der Waals surface area contributed by atoms with Crippen LogP contribution in [0.2, 0.25) is 5.02 Å². The molecule has 1 saturated heterocycles. The smallest absolute Gasteiger partial charge is 0.170 e. The highest BCUT2D eigenvalue weighted by atomic mass is 35.5. The summed E-state index contributed by atoms with van der Waals surface area (Å²) >= 11 is 12.1. The minimum atomic E-state index is -0.112. The molecule has 5 rings (SSSR count). The largest absolute Gasteiger partial charge is 0.506 e. The summed E-state index contributed by atoms with van der Waals surface area (Å²) in [6, 6.07) is 23.4. The van der Waals surface area contributed by atoms with E-state index in [1.807, 2.05) is 54.1 Å². The second-order valence-corrected chi connectivity index (χ2v) is 9.36. The lowest BCUT2D eigenvalue weighted by atomic mass is 9.96. The molecule has 0 saturated carbocycles. The third kappa shape index (κ3) is 4.04. The van der Waals surface area contributed by atoms with E-state index in [1.165, 1.54) is 5.56 Å². The first-order chi connectivity index (χ1) is 16.4. The van der Waals surface area contributed by atoms with Crippen molar-refractivity contribution in [2.75, 3.05) is 0 Å². The zero-order valence-electron chi connectivity index (χ0n) is 18.9. The maximum atomic E-state index is 10.6. The molecule has 1 aliphatic heterocycles. The number of nitrogens with zero attached hydrogens (tertiary/aromatic N) is 3. The van der Waals surface area contributed by atoms with Crippen LogP contribution in [0, 0.1) is 13.8 Å². The number of benzene rings is 2. The molecule has 2 aromatic carbocycles. The van der Waals surface area contributed by atoms with Gasteiger partial charge < -0.3 is 19.9 Å². The normalized spacial score (nSPS) is 17.7. The number of aromatic hydroxyl groups is 1. The zero-order valence-corrected chi connectivity index (χ0v) is 20.5. The number of phenolic OH excluding ortho intramolecular Hbond substituents is 1. The Morgan fingerprint density at radius 2 is 1.79 bits per heavy atom. The lowest BCUT2D eigenvalue weighted by Gasteiger charge is -2.28. The van der Waals surface area contributed by atoms with Crippen LogP contribution < -0.4 is 5.32 Å². The van der Waals surface area contributed by atoms with Gasteiger partial charge in [0.1, 0.15) is 5.75 Å². The number of pyridine rings is 1. The number of hydrogen-bond donors (Lipinski definition) is 2. The molecule has 2 aromatic heterocycles. The van der Waals surface area contributed by atoms with Crippen LogP contribution in [0.15, 0.2) is 79.0 Å². The van der Waals surface area contributed by atoms with Crippen LogP contribution in [0.25, 0.3) is 5.69 Å². The van der Waals surface area contributed by atoms with Gasteiger partial charge in [0.2, 0.25) is 0 Å². The Labute approximate surface area is 209 Å². The first-order valence-electron chi connectivity index (χ1n) is 11.1. The predicted molar refractivity (Wildman–Crippen MR) is 139 cm³/mol. The maximum Gasteiger partial charge on any atom is 0.170 e. The van der Waals surface area contributed by atoms with Gasteiger partial charge in [0.05, 0.1) is 23.5 Å². The summed E-state index contributed by atoms with van der Waals surface area (Å²) in [6.07, 6.45) is 1.81. The molecule has 2 atom stereocenters. The van der Waals surface area contributed by atoms with E-state index in [0.29, 0.717) is 22.4 Å². The molecule has 4 aromatic rings. The number of halogens is 1. The number of aryl methyl sites for hydroxylation is 1. The second kappa shape index (κ2) is 9.12. The summed E-state index contributed by atoms with van der Waals surface area (Å²) in [5.74, 6) is 0.181. The van der Waals surface area contributed by atoms with Gasteiger partial charge >= 0.3 is 0 Å². The number of thiocarbonyl (C=S) groups is 1. The van der Waals surface area contributed by atoms with Crippen molar-refractivity contribution >= 4 is 28.9 Å². The van der Waals surface area contributed by atoms with E-state index < -0.39 is 0 Å². The van der Waals surface area contributed by atoms with Crippen LogP contribution in [0.3, 0.4) is 0 Å². The molecule has 5 nitrogen and oxygen atoms in total. The van der Waals surface area contributed by atoms with Crippen molar-refractivity contribution in [1.29, 1.82) is 0 Å². The molecular formula is C27H25ClN4OS. The Hall–Kier alpha value is -3.35. The van der Waals surface area contributed by atoms with Crippen LogP contribution in [0.4, 0.5) is 0 Å². The Bertz CT molecular complexity index is 1340. The van der Waals surface area contributed by atoms with Gasteiger partial charge in [-0.05, 0) is 73.6 Å². The molecule has 0 amide bonds. The van der Waals surface area contributed by atoms with Crippen LogP contribution in [-0.2, 0) is 6.54 Å². The molecule has 2 N–H and O–H groups in total. The molecule has 34 heavy (non-hydrogen) atoms. The van der Waals surface area contributed by atoms with Gasteiger partial charge in [-0.3, -0.25) is 4.98 Å². The molecule has 3 heterocycles. The van der Waals surface area contributed by atoms with Gasteiger partial charge in [-0.1, -0.05) is 48.0 Å². The molecule has 1 fully saturated rings. The molecular weight excluding hydrogens is 464 g/mol. The van der Waals surface area contributed by atoms with E-state index in [4.69, 9.17) is 23.8 Å². The molecule has 7 heteroatoms. The predicted octanol–water partition coefficient (Wildman–Crippen LogP) is 6.02. The van der Waals surface area contributed by atoms with Gasteiger partial charge in [-0.25, -0.2) is 0 Å². The number of nitrogens with one attached hydrogen (secondary N) is 1. The van der Waals surface area contributed by atoms with Gasteiger partial charge in [0.15, 0.2) is 5.11 Å². The number of hydrogen-bond acceptors (Lipinski definition) is 3. The lowest BCUT2D eigenvalue weighted by Crippen LogP contribution is -2.29. The third-order valence-corrected chi connectivity index (χ3v) is 6.95. The number of phenols is 1. The van der Waals surface area contributed by atoms with Crippen molar-refractivity contribution < 1.29 is 5.11 Å². The highest BCUT2D eigenvalue weighted by Gasteiger charge is 2.41. The highest BCUT2D eigenvalue weighted by molar-refractivity contribution is 7.80. The maximum absolute atomic E-state index is 10.6. The van der Waals surface area contributed by atoms with Crippen molar-refractivity contribution in [3.63, 3.8) is 0 Å². The van der Waals surface area contributed by atoms with Crippen molar-refractivity contribution in [2.24, 2.45) is 0 Å². The number of aromatic nitrogens is 2. The van der Waals surface area contributed by atoms with E-state index in [2.05, 4.69) is 40.3 Å². The monoisotopic (exact) mass is 488 g/mol. The average Bonchev–Trinajstić information content (AvgIpc) is 3.31. The summed E-state index contributed by atoms with van der Waals surface area (Å²) in [6.45, 7) is 4.78. The Morgan fingerprint density at radius 1 is 1.03 bits per heavy atom. The van der Waals surface area contributed by atoms with Gasteiger partial charge in [-0.2, -0.15) is 0 Å². The standard InChI is InChI=1S/C27H25ClN4OS/c1-17-14-21(18(2)32(17)23-15-20(28)11-12-24(23)33)26-25(22-10-6-7-13-29-22)30-27(34)31(26)16-19-8-4-3-5-9-19/h3-15,25-26,33H,16H2,1-2H3,(H,30,34)/t25-,26+/m0/s1. The summed E-state index contributed by atoms with van der Waals surface area (Å²) in [4.78, 5) is 6.87. The number of rotatable bonds is 5. The highest BCUT2D eigenvalue weighted by Crippen LogP contribution is 2.42. The third-order valence-electron chi connectivity index (χ3n) is 6.36. The van der Waals surface area contributed by atoms with Crippen LogP contribution in [0.1, 0.15) is 40.3 Å². The van der Waals surface area contributed by atoms with Crippen molar-refractivity contribution in [2.45, 2.75) is 32.5 Å². The Kier molecular flexibility index (Phi) is 6.02. The molecule has 0 spiro atoms. The molecule has 0 bridgehead atoms. The van der Waals surface area contributed by atoms with Crippen molar-refractivity contribution in [1.82, 2.24) is 19.8 Å². The van der Waals surface area contributed by atoms with Gasteiger partial charge in [0.25, 0.3) is 0 Å². The summed E-state index contributed by atoms with van der Waals surface area (Å²) in [7, 11) is 0. The lowest BCUT2D eigenvalue weighted by molar-refractivity contribution is 0.310. The van der Waals surface area contributed by atoms with Crippen molar-refractivity contribution in [3.05, 3.63) is 112 Å². The minimum Gasteiger partial charge on any atom is -0.506 e. The second-order valence-electron chi connectivity index (χ2n) is 8.54. The van der Waals surface area contributed by atoms with Crippen molar-refractivity contribution in [3.8, 4) is 11.4 Å². The van der Waals surface area contributed by atoms with E-state index >= 15 is 0 Å². The Balaban J connectivity index is 1.64. The quantitative estimate of drug-likeness (QED) is 0.336. The van der Waals surface area contributed by atoms with E-state index in [9.17, 15) is 5.11 Å². The van der Waals surface area contributed by atoms with E-state index in [1.54, 1.807) is 18.2 Å². The fourth-order valence-corrected chi connectivity index (χ4v) is 5.30. The van der Waals surface area contributed by atoms with Gasteiger partial charge in [0, 0.05) is 29.2 Å². The van der Waals surface area contributed by atoms with Crippen LogP contribution >= 0.6 is 23.8 Å². The van der Waals surface area contributed by atoms with Gasteiger partial charge in [-0.15, -0.1) is 0 Å². The van der Waals surface area contributed by atoms with E-state index in [0.717, 1.165) is 22.6 Å². The summed E-state index contributed by atoms with van der Waals surface area (Å²) in [5, 5.41) is 15.4. The average molecular weight is 489 g/mol. The molecule has 172 valence electrons. The first kappa shape index (κ1) is 22.4. The minimum absolute atomic E-state index is 0.0797. The molecule has 1 aliphatic rings. The molecule has 0 radical (unpaired) electrons. The molecule has 0 unspecified atom stereocenters. The summed E-state index contributed by atoms with van der Waals surface area (Å²) < 4.78 is 2.05. The van der Waals surface area contributed by atoms with Crippen LogP contribution in [-0.4, -0.2) is 24.7 Å². The fourth-order valence-electron chi connectivity index (χ4n) is 4.83. The van der Waals surface area contributed by atoms with Crippen LogP contribution in [0.5, 0.6) is 5.75 Å². The zero-order chi connectivity index (χ0) is 23.8. The topological polar surface area (TPSA) is 53.3 Å². The van der Waals surface area contributed by atoms with E-state index in [-0.39, 0.29) is 17.8 Å².